The molecule has 0 radical (unpaired) electrons. The Hall–Kier alpha value is -3.59. The molecule has 9 heteroatoms. The van der Waals surface area contributed by atoms with E-state index < -0.39 is 15.5 Å². The average molecular weight is 427 g/mol. The highest BCUT2D eigenvalue weighted by Crippen LogP contribution is 2.40. The van der Waals surface area contributed by atoms with Crippen LogP contribution in [-0.2, 0) is 10.0 Å². The Morgan fingerprint density at radius 2 is 1.80 bits per heavy atom. The lowest BCUT2D eigenvalue weighted by atomic mass is 10.1. The number of ether oxygens (including phenoxy) is 1. The molecule has 0 spiro atoms. The van der Waals surface area contributed by atoms with Crippen LogP contribution in [0.3, 0.4) is 0 Å². The Morgan fingerprint density at radius 1 is 1.10 bits per heavy atom. The summed E-state index contributed by atoms with van der Waals surface area (Å²) in [4.78, 5) is 23.8. The summed E-state index contributed by atoms with van der Waals surface area (Å²) in [6, 6.07) is 8.76. The van der Waals surface area contributed by atoms with Gasteiger partial charge in [0.25, 0.3) is 10.0 Å². The molecule has 0 fully saturated rings. The SMILES string of the molecule is COc1c2ccoc2c(S(=O)(=O)Nc2ccc(C(C)=O)cc2)c2oc(C)cc(=O)c12. The number of nitrogens with one attached hydrogen (secondary N) is 1. The van der Waals surface area contributed by atoms with Gasteiger partial charge in [-0.3, -0.25) is 14.3 Å². The van der Waals surface area contributed by atoms with E-state index in [1.54, 1.807) is 6.92 Å². The summed E-state index contributed by atoms with van der Waals surface area (Å²) in [6.07, 6.45) is 1.31. The molecule has 0 unspecified atom stereocenters. The normalized spacial score (nSPS) is 11.7. The summed E-state index contributed by atoms with van der Waals surface area (Å²) in [5.74, 6) is 0.273. The molecule has 4 aromatic rings. The lowest BCUT2D eigenvalue weighted by Crippen LogP contribution is -2.15. The number of furan rings is 1. The fourth-order valence-corrected chi connectivity index (χ4v) is 4.66. The van der Waals surface area contributed by atoms with Crippen molar-refractivity contribution in [1.82, 2.24) is 0 Å². The molecular formula is C21H17NO7S. The third-order valence-corrected chi connectivity index (χ3v) is 6.05. The number of sulfonamides is 1. The van der Waals surface area contributed by atoms with E-state index in [1.807, 2.05) is 0 Å². The molecule has 4 rings (SSSR count). The van der Waals surface area contributed by atoms with Crippen LogP contribution >= 0.6 is 0 Å². The Kier molecular flexibility index (Phi) is 4.62. The molecule has 30 heavy (non-hydrogen) atoms. The summed E-state index contributed by atoms with van der Waals surface area (Å²) < 4.78 is 45.6. The number of aryl methyl sites for hydroxylation is 1. The molecule has 8 nitrogen and oxygen atoms in total. The van der Waals surface area contributed by atoms with Gasteiger partial charge in [0.05, 0.1) is 18.8 Å². The van der Waals surface area contributed by atoms with Gasteiger partial charge in [-0.05, 0) is 44.2 Å². The van der Waals surface area contributed by atoms with E-state index in [0.29, 0.717) is 10.9 Å². The summed E-state index contributed by atoms with van der Waals surface area (Å²) in [5, 5.41) is 0.331. The molecule has 0 saturated heterocycles. The first-order chi connectivity index (χ1) is 14.2. The smallest absolute Gasteiger partial charge is 0.269 e. The zero-order valence-corrected chi connectivity index (χ0v) is 17.1. The predicted octanol–water partition coefficient (Wildman–Crippen LogP) is 3.86. The number of hydrogen-bond acceptors (Lipinski definition) is 7. The van der Waals surface area contributed by atoms with E-state index in [9.17, 15) is 18.0 Å². The minimum atomic E-state index is -4.24. The molecule has 2 aromatic carbocycles. The van der Waals surface area contributed by atoms with Crippen molar-refractivity contribution < 1.29 is 26.8 Å². The van der Waals surface area contributed by atoms with E-state index in [-0.39, 0.29) is 44.4 Å². The zero-order chi connectivity index (χ0) is 21.6. The van der Waals surface area contributed by atoms with Gasteiger partial charge < -0.3 is 13.6 Å². The van der Waals surface area contributed by atoms with E-state index >= 15 is 0 Å². The van der Waals surface area contributed by atoms with Crippen molar-refractivity contribution in [2.24, 2.45) is 0 Å². The lowest BCUT2D eigenvalue weighted by molar-refractivity contribution is 0.101. The number of methoxy groups -OCH3 is 1. The highest BCUT2D eigenvalue weighted by Gasteiger charge is 2.30. The van der Waals surface area contributed by atoms with Crippen LogP contribution in [0.5, 0.6) is 5.75 Å². The quantitative estimate of drug-likeness (QED) is 0.481. The van der Waals surface area contributed by atoms with Crippen LogP contribution in [0.1, 0.15) is 23.0 Å². The van der Waals surface area contributed by atoms with Gasteiger partial charge in [-0.25, -0.2) is 8.42 Å². The molecule has 2 aromatic heterocycles. The molecule has 0 saturated carbocycles. The summed E-state index contributed by atoms with van der Waals surface area (Å²) in [5.41, 5.74) is 0.0886. The summed E-state index contributed by atoms with van der Waals surface area (Å²) in [7, 11) is -2.87. The fourth-order valence-electron chi connectivity index (χ4n) is 3.32. The maximum atomic E-state index is 13.3. The van der Waals surface area contributed by atoms with Crippen molar-refractivity contribution in [1.29, 1.82) is 0 Å². The van der Waals surface area contributed by atoms with Gasteiger partial charge in [0.1, 0.15) is 16.9 Å². The Balaban J connectivity index is 2.00. The van der Waals surface area contributed by atoms with Crippen LogP contribution in [0.25, 0.3) is 21.9 Å². The molecule has 154 valence electrons. The second-order valence-corrected chi connectivity index (χ2v) is 8.31. The highest BCUT2D eigenvalue weighted by molar-refractivity contribution is 7.93. The fraction of sp³-hybridized carbons (Fsp3) is 0.143. The van der Waals surface area contributed by atoms with E-state index in [2.05, 4.69) is 4.72 Å². The second kappa shape index (κ2) is 7.03. The predicted molar refractivity (Wildman–Crippen MR) is 111 cm³/mol. The Bertz CT molecular complexity index is 1460. The average Bonchev–Trinajstić information content (AvgIpc) is 3.14. The minimum absolute atomic E-state index is 0.000885. The highest BCUT2D eigenvalue weighted by atomic mass is 32.2. The molecule has 0 aliphatic carbocycles. The monoisotopic (exact) mass is 427 g/mol. The molecule has 2 heterocycles. The first kappa shape index (κ1) is 19.7. The largest absolute Gasteiger partial charge is 0.495 e. The first-order valence-electron chi connectivity index (χ1n) is 8.88. The van der Waals surface area contributed by atoms with Gasteiger partial charge in [0, 0.05) is 17.3 Å². The van der Waals surface area contributed by atoms with Crippen molar-refractivity contribution in [3.8, 4) is 5.75 Å². The van der Waals surface area contributed by atoms with Crippen LogP contribution < -0.4 is 14.9 Å². The number of hydrogen-bond donors (Lipinski definition) is 1. The summed E-state index contributed by atoms with van der Waals surface area (Å²) in [6.45, 7) is 2.96. The maximum Gasteiger partial charge on any atom is 0.269 e. The Morgan fingerprint density at radius 3 is 2.43 bits per heavy atom. The number of benzene rings is 2. The van der Waals surface area contributed by atoms with Crippen molar-refractivity contribution >= 4 is 43.4 Å². The number of Topliss-reactive ketones (excluding diaryl/α,β-unsaturated/α-hetero) is 1. The van der Waals surface area contributed by atoms with Crippen molar-refractivity contribution in [2.75, 3.05) is 11.8 Å². The molecule has 0 aliphatic heterocycles. The second-order valence-electron chi connectivity index (χ2n) is 6.69. The third kappa shape index (κ3) is 3.13. The number of rotatable bonds is 5. The van der Waals surface area contributed by atoms with Gasteiger partial charge in [-0.2, -0.15) is 0 Å². The molecule has 1 N–H and O–H groups in total. The van der Waals surface area contributed by atoms with Gasteiger partial charge in [0.2, 0.25) is 0 Å². The van der Waals surface area contributed by atoms with Gasteiger partial charge in [-0.15, -0.1) is 0 Å². The van der Waals surface area contributed by atoms with Gasteiger partial charge in [-0.1, -0.05) is 0 Å². The zero-order valence-electron chi connectivity index (χ0n) is 16.3. The molecule has 0 atom stereocenters. The topological polar surface area (TPSA) is 116 Å². The van der Waals surface area contributed by atoms with Crippen LogP contribution in [0.15, 0.2) is 61.2 Å². The van der Waals surface area contributed by atoms with Crippen molar-refractivity contribution in [3.05, 3.63) is 64.2 Å². The Labute approximate surface area is 171 Å². The van der Waals surface area contributed by atoms with Crippen molar-refractivity contribution in [2.45, 2.75) is 18.7 Å². The van der Waals surface area contributed by atoms with E-state index in [1.165, 1.54) is 56.7 Å². The number of carbonyl (C=O) groups excluding carboxylic acids is 1. The van der Waals surface area contributed by atoms with E-state index in [4.69, 9.17) is 13.6 Å². The number of ketones is 1. The minimum Gasteiger partial charge on any atom is -0.495 e. The molecule has 0 bridgehead atoms. The van der Waals surface area contributed by atoms with Crippen LogP contribution in [0.4, 0.5) is 5.69 Å². The molecule has 0 amide bonds. The number of fused-ring (bicyclic) bond motifs is 2. The molecule has 0 aliphatic rings. The van der Waals surface area contributed by atoms with Crippen LogP contribution in [-0.4, -0.2) is 21.3 Å². The number of carbonyl (C=O) groups is 1. The first-order valence-corrected chi connectivity index (χ1v) is 10.4. The third-order valence-electron chi connectivity index (χ3n) is 4.64. The number of anilines is 1. The van der Waals surface area contributed by atoms with Crippen LogP contribution in [0, 0.1) is 6.92 Å². The molecular weight excluding hydrogens is 410 g/mol. The maximum absolute atomic E-state index is 13.3. The summed E-state index contributed by atoms with van der Waals surface area (Å²) >= 11 is 0. The lowest BCUT2D eigenvalue weighted by Gasteiger charge is -2.13. The van der Waals surface area contributed by atoms with Gasteiger partial charge >= 0.3 is 0 Å². The van der Waals surface area contributed by atoms with E-state index in [0.717, 1.165) is 0 Å². The van der Waals surface area contributed by atoms with Crippen molar-refractivity contribution in [3.63, 3.8) is 0 Å². The van der Waals surface area contributed by atoms with Gasteiger partial charge in [0.15, 0.2) is 27.3 Å². The standard InChI is InChI=1S/C21H17NO7S/c1-11-10-16(24)17-18(27-3)15-8-9-28-19(15)21(20(17)29-11)30(25,26)22-14-6-4-13(5-7-14)12(2)23/h4-10,22H,1-3H3. The van der Waals surface area contributed by atoms with Crippen LogP contribution in [0.2, 0.25) is 0 Å².